The van der Waals surface area contributed by atoms with Crippen LogP contribution in [0.4, 0.5) is 18.9 Å². The Hall–Kier alpha value is -3.86. The van der Waals surface area contributed by atoms with E-state index in [4.69, 9.17) is 0 Å². The molecule has 43 heavy (non-hydrogen) atoms. The summed E-state index contributed by atoms with van der Waals surface area (Å²) in [6.45, 7) is 6.55. The summed E-state index contributed by atoms with van der Waals surface area (Å²) < 4.78 is 69.4. The number of amides is 2. The van der Waals surface area contributed by atoms with Crippen molar-refractivity contribution in [3.05, 3.63) is 95.6 Å². The van der Waals surface area contributed by atoms with Crippen LogP contribution in [0, 0.1) is 6.92 Å². The van der Waals surface area contributed by atoms with Gasteiger partial charge in [0, 0.05) is 12.6 Å². The quantitative estimate of drug-likeness (QED) is 0.256. The van der Waals surface area contributed by atoms with Crippen LogP contribution in [0.3, 0.4) is 0 Å². The SMILES string of the molecule is CC[C@@H](C)NC(=O)[C@@H](CC)N(CCc1ccccc1)C(=O)CN(c1cccc(C(F)(F)F)c1)S(=O)(=O)c1ccc(C)cc1. The minimum atomic E-state index is -4.73. The summed E-state index contributed by atoms with van der Waals surface area (Å²) in [5.74, 6) is -1.10. The Morgan fingerprint density at radius 1 is 0.907 bits per heavy atom. The topological polar surface area (TPSA) is 86.8 Å². The summed E-state index contributed by atoms with van der Waals surface area (Å²) in [5, 5.41) is 2.89. The van der Waals surface area contributed by atoms with Crippen LogP contribution in [-0.4, -0.2) is 50.3 Å². The van der Waals surface area contributed by atoms with Gasteiger partial charge in [-0.05, 0) is 69.0 Å². The third kappa shape index (κ3) is 8.82. The van der Waals surface area contributed by atoms with Crippen molar-refractivity contribution in [3.63, 3.8) is 0 Å². The minimum absolute atomic E-state index is 0.0935. The van der Waals surface area contributed by atoms with E-state index in [2.05, 4.69) is 5.32 Å². The van der Waals surface area contributed by atoms with E-state index in [1.807, 2.05) is 44.2 Å². The van der Waals surface area contributed by atoms with Crippen LogP contribution in [-0.2, 0) is 32.2 Å². The highest BCUT2D eigenvalue weighted by atomic mass is 32.2. The first-order chi connectivity index (χ1) is 20.3. The van der Waals surface area contributed by atoms with Gasteiger partial charge in [-0.25, -0.2) is 8.42 Å². The van der Waals surface area contributed by atoms with Crippen molar-refractivity contribution in [3.8, 4) is 0 Å². The molecule has 232 valence electrons. The van der Waals surface area contributed by atoms with Gasteiger partial charge in [0.25, 0.3) is 10.0 Å². The zero-order valence-electron chi connectivity index (χ0n) is 24.8. The maximum atomic E-state index is 14.0. The third-order valence-corrected chi connectivity index (χ3v) is 9.01. The normalized spacial score (nSPS) is 13.2. The van der Waals surface area contributed by atoms with Gasteiger partial charge in [0.05, 0.1) is 16.1 Å². The molecule has 0 radical (unpaired) electrons. The van der Waals surface area contributed by atoms with Crippen molar-refractivity contribution in [2.24, 2.45) is 0 Å². The number of anilines is 1. The summed E-state index contributed by atoms with van der Waals surface area (Å²) >= 11 is 0. The first kappa shape index (κ1) is 33.6. The second-order valence-electron chi connectivity index (χ2n) is 10.4. The number of halogens is 3. The maximum absolute atomic E-state index is 14.0. The lowest BCUT2D eigenvalue weighted by molar-refractivity contribution is -0.139. The molecule has 0 aliphatic rings. The van der Waals surface area contributed by atoms with Crippen molar-refractivity contribution < 1.29 is 31.2 Å². The van der Waals surface area contributed by atoms with E-state index in [1.165, 1.54) is 23.1 Å². The number of alkyl halides is 3. The van der Waals surface area contributed by atoms with Crippen molar-refractivity contribution in [2.45, 2.75) is 70.1 Å². The van der Waals surface area contributed by atoms with E-state index in [9.17, 15) is 31.2 Å². The molecule has 11 heteroatoms. The van der Waals surface area contributed by atoms with Gasteiger partial charge in [-0.2, -0.15) is 13.2 Å². The van der Waals surface area contributed by atoms with Crippen molar-refractivity contribution in [1.82, 2.24) is 10.2 Å². The highest BCUT2D eigenvalue weighted by Crippen LogP contribution is 2.33. The molecule has 0 saturated carbocycles. The fourth-order valence-electron chi connectivity index (χ4n) is 4.54. The van der Waals surface area contributed by atoms with E-state index in [1.54, 1.807) is 26.0 Å². The Kier molecular flexibility index (Phi) is 11.4. The highest BCUT2D eigenvalue weighted by molar-refractivity contribution is 7.92. The molecular weight excluding hydrogens is 579 g/mol. The van der Waals surface area contributed by atoms with Gasteiger partial charge in [-0.1, -0.05) is 67.9 Å². The minimum Gasteiger partial charge on any atom is -0.352 e. The molecule has 0 fully saturated rings. The largest absolute Gasteiger partial charge is 0.416 e. The second kappa shape index (κ2) is 14.5. The summed E-state index contributed by atoms with van der Waals surface area (Å²) in [7, 11) is -4.49. The van der Waals surface area contributed by atoms with Crippen LogP contribution in [0.5, 0.6) is 0 Å². The second-order valence-corrected chi connectivity index (χ2v) is 12.3. The highest BCUT2D eigenvalue weighted by Gasteiger charge is 2.36. The molecule has 0 spiro atoms. The standard InChI is InChI=1S/C32H38F3N3O4S/c1-5-24(4)36-31(40)29(6-2)37(20-19-25-11-8-7-9-12-25)30(39)22-38(27-14-10-13-26(21-27)32(33,34)35)43(41,42)28-17-15-23(3)16-18-28/h7-18,21,24,29H,5-6,19-20,22H2,1-4H3,(H,36,40)/t24-,29-/m1/s1. The van der Waals surface area contributed by atoms with Crippen LogP contribution in [0.15, 0.2) is 83.8 Å². The number of carbonyl (C=O) groups is 2. The predicted octanol–water partition coefficient (Wildman–Crippen LogP) is 5.97. The molecule has 0 aliphatic carbocycles. The Bertz CT molecular complexity index is 1480. The molecule has 3 rings (SSSR count). The molecule has 3 aromatic rings. The molecule has 0 unspecified atom stereocenters. The number of aryl methyl sites for hydroxylation is 1. The van der Waals surface area contributed by atoms with Gasteiger partial charge in [-0.15, -0.1) is 0 Å². The molecule has 3 aromatic carbocycles. The molecule has 2 atom stereocenters. The Labute approximate surface area is 251 Å². The average Bonchev–Trinajstić information content (AvgIpc) is 2.98. The summed E-state index contributed by atoms with van der Waals surface area (Å²) in [5.41, 5.74) is 0.316. The molecule has 0 aromatic heterocycles. The smallest absolute Gasteiger partial charge is 0.352 e. The molecule has 0 heterocycles. The number of hydrogen-bond acceptors (Lipinski definition) is 4. The van der Waals surface area contributed by atoms with Gasteiger partial charge in [-0.3, -0.25) is 13.9 Å². The Balaban J connectivity index is 2.07. The fourth-order valence-corrected chi connectivity index (χ4v) is 5.95. The van der Waals surface area contributed by atoms with Crippen molar-refractivity contribution in [1.29, 1.82) is 0 Å². The number of benzene rings is 3. The number of rotatable bonds is 13. The molecule has 0 aliphatic heterocycles. The summed E-state index contributed by atoms with van der Waals surface area (Å²) in [6.07, 6.45) is -3.44. The first-order valence-electron chi connectivity index (χ1n) is 14.2. The van der Waals surface area contributed by atoms with E-state index < -0.39 is 40.3 Å². The van der Waals surface area contributed by atoms with Crippen LogP contribution in [0.2, 0.25) is 0 Å². The first-order valence-corrected chi connectivity index (χ1v) is 15.6. The zero-order valence-corrected chi connectivity index (χ0v) is 25.6. The van der Waals surface area contributed by atoms with Gasteiger partial charge < -0.3 is 10.2 Å². The molecular formula is C32H38F3N3O4S. The lowest BCUT2D eigenvalue weighted by Gasteiger charge is -2.34. The number of nitrogens with one attached hydrogen (secondary N) is 1. The molecule has 2 amide bonds. The molecule has 1 N–H and O–H groups in total. The lowest BCUT2D eigenvalue weighted by atomic mass is 10.1. The average molecular weight is 618 g/mol. The van der Waals surface area contributed by atoms with Crippen LogP contribution in [0.25, 0.3) is 0 Å². The number of nitrogens with zero attached hydrogens (tertiary/aromatic N) is 2. The maximum Gasteiger partial charge on any atom is 0.416 e. The van der Waals surface area contributed by atoms with E-state index in [0.29, 0.717) is 23.2 Å². The Morgan fingerprint density at radius 3 is 2.14 bits per heavy atom. The number of carbonyl (C=O) groups excluding carboxylic acids is 2. The van der Waals surface area contributed by atoms with Gasteiger partial charge >= 0.3 is 6.18 Å². The van der Waals surface area contributed by atoms with Gasteiger partial charge in [0.2, 0.25) is 11.8 Å². The molecule has 0 saturated heterocycles. The van der Waals surface area contributed by atoms with Crippen molar-refractivity contribution in [2.75, 3.05) is 17.4 Å². The summed E-state index contributed by atoms with van der Waals surface area (Å²) in [6, 6.07) is 17.9. The predicted molar refractivity (Wildman–Crippen MR) is 161 cm³/mol. The summed E-state index contributed by atoms with van der Waals surface area (Å²) in [4.78, 5) is 28.5. The van der Waals surface area contributed by atoms with Gasteiger partial charge in [0.1, 0.15) is 12.6 Å². The van der Waals surface area contributed by atoms with Crippen LogP contribution in [0.1, 0.15) is 50.3 Å². The van der Waals surface area contributed by atoms with E-state index in [-0.39, 0.29) is 35.5 Å². The third-order valence-electron chi connectivity index (χ3n) is 7.22. The van der Waals surface area contributed by atoms with Gasteiger partial charge in [0.15, 0.2) is 0 Å². The molecule has 0 bridgehead atoms. The van der Waals surface area contributed by atoms with E-state index in [0.717, 1.165) is 23.3 Å². The zero-order chi connectivity index (χ0) is 31.8. The van der Waals surface area contributed by atoms with Crippen molar-refractivity contribution >= 4 is 27.5 Å². The lowest BCUT2D eigenvalue weighted by Crippen LogP contribution is -2.54. The number of hydrogen-bond donors (Lipinski definition) is 1. The van der Waals surface area contributed by atoms with Crippen LogP contribution >= 0.6 is 0 Å². The molecule has 7 nitrogen and oxygen atoms in total. The fraction of sp³-hybridized carbons (Fsp3) is 0.375. The number of sulfonamides is 1. The van der Waals surface area contributed by atoms with E-state index >= 15 is 0 Å². The van der Waals surface area contributed by atoms with Crippen LogP contribution < -0.4 is 9.62 Å². The Morgan fingerprint density at radius 2 is 1.56 bits per heavy atom. The monoisotopic (exact) mass is 617 g/mol.